The van der Waals surface area contributed by atoms with Crippen LogP contribution in [0, 0.1) is 0 Å². The summed E-state index contributed by atoms with van der Waals surface area (Å²) in [4.78, 5) is 32.1. The summed E-state index contributed by atoms with van der Waals surface area (Å²) in [7, 11) is 0. The molecule has 2 amide bonds. The Labute approximate surface area is 167 Å². The lowest BCUT2D eigenvalue weighted by atomic mass is 10.0. The third kappa shape index (κ3) is 3.99. The fourth-order valence-corrected chi connectivity index (χ4v) is 4.38. The standard InChI is InChI=1S/C21H21N3O3S/c25-20(17-6-4-14-27-17)23-19-8-7-18(28-19)21(26)24-13-3-1-2-5-16(24)15-9-11-22-12-10-15/h4,6-12,14,16H,1-3,5,13H2,(H,23,25)/t16-/m0/s1. The number of anilines is 1. The van der Waals surface area contributed by atoms with Crippen molar-refractivity contribution in [2.45, 2.75) is 31.7 Å². The molecule has 3 aromatic heterocycles. The molecule has 0 saturated carbocycles. The van der Waals surface area contributed by atoms with Crippen LogP contribution in [0.25, 0.3) is 0 Å². The van der Waals surface area contributed by atoms with Crippen molar-refractivity contribution in [3.05, 3.63) is 71.3 Å². The van der Waals surface area contributed by atoms with Gasteiger partial charge < -0.3 is 14.6 Å². The van der Waals surface area contributed by atoms with Crippen LogP contribution in [0.1, 0.15) is 57.5 Å². The highest BCUT2D eigenvalue weighted by atomic mass is 32.1. The second-order valence-electron chi connectivity index (χ2n) is 6.74. The van der Waals surface area contributed by atoms with Crippen LogP contribution in [0.4, 0.5) is 5.00 Å². The molecule has 1 aliphatic heterocycles. The fraction of sp³-hybridized carbons (Fsp3) is 0.286. The number of nitrogens with zero attached hydrogens (tertiary/aromatic N) is 2. The number of likely N-dealkylation sites (tertiary alicyclic amines) is 1. The number of aromatic nitrogens is 1. The van der Waals surface area contributed by atoms with E-state index in [0.717, 1.165) is 37.8 Å². The van der Waals surface area contributed by atoms with Crippen molar-refractivity contribution >= 4 is 28.2 Å². The summed E-state index contributed by atoms with van der Waals surface area (Å²) in [5, 5.41) is 3.41. The molecule has 3 aromatic rings. The Bertz CT molecular complexity index is 937. The highest BCUT2D eigenvalue weighted by Gasteiger charge is 2.28. The highest BCUT2D eigenvalue weighted by molar-refractivity contribution is 7.18. The Kier molecular flexibility index (Phi) is 5.53. The van der Waals surface area contributed by atoms with E-state index in [2.05, 4.69) is 10.3 Å². The normalized spacial score (nSPS) is 17.1. The molecule has 1 fully saturated rings. The number of amides is 2. The van der Waals surface area contributed by atoms with Crippen LogP contribution < -0.4 is 5.32 Å². The largest absolute Gasteiger partial charge is 0.459 e. The Morgan fingerprint density at radius 1 is 1.11 bits per heavy atom. The van der Waals surface area contributed by atoms with E-state index in [4.69, 9.17) is 4.42 Å². The quantitative estimate of drug-likeness (QED) is 0.692. The van der Waals surface area contributed by atoms with Crippen molar-refractivity contribution in [3.63, 3.8) is 0 Å². The molecular weight excluding hydrogens is 374 g/mol. The van der Waals surface area contributed by atoms with Crippen LogP contribution in [0.2, 0.25) is 0 Å². The van der Waals surface area contributed by atoms with Gasteiger partial charge in [-0.15, -0.1) is 11.3 Å². The SMILES string of the molecule is O=C(Nc1ccc(C(=O)N2CCCCC[C@H]2c2ccncc2)s1)c1ccco1. The second-order valence-corrected chi connectivity index (χ2v) is 7.82. The van der Waals surface area contributed by atoms with Gasteiger partial charge in [0.25, 0.3) is 11.8 Å². The molecule has 144 valence electrons. The summed E-state index contributed by atoms with van der Waals surface area (Å²) < 4.78 is 5.11. The van der Waals surface area contributed by atoms with Gasteiger partial charge >= 0.3 is 0 Å². The predicted octanol–water partition coefficient (Wildman–Crippen LogP) is 4.75. The van der Waals surface area contributed by atoms with Gasteiger partial charge in [-0.05, 0) is 54.8 Å². The number of thiophene rings is 1. The Morgan fingerprint density at radius 3 is 2.75 bits per heavy atom. The number of rotatable bonds is 4. The first kappa shape index (κ1) is 18.4. The molecular formula is C21H21N3O3S. The van der Waals surface area contributed by atoms with Crippen LogP contribution in [0.15, 0.2) is 59.5 Å². The number of hydrogen-bond acceptors (Lipinski definition) is 5. The molecule has 7 heteroatoms. The summed E-state index contributed by atoms with van der Waals surface area (Å²) in [6, 6.07) is 10.8. The summed E-state index contributed by atoms with van der Waals surface area (Å²) in [6.45, 7) is 0.734. The fourth-order valence-electron chi connectivity index (χ4n) is 3.53. The van der Waals surface area contributed by atoms with Gasteiger partial charge in [0.15, 0.2) is 5.76 Å². The van der Waals surface area contributed by atoms with Crippen LogP contribution in [-0.2, 0) is 0 Å². The maximum absolute atomic E-state index is 13.3. The first-order valence-corrected chi connectivity index (χ1v) is 10.2. The maximum Gasteiger partial charge on any atom is 0.291 e. The molecule has 4 heterocycles. The Morgan fingerprint density at radius 2 is 1.96 bits per heavy atom. The third-order valence-corrected chi connectivity index (χ3v) is 5.89. The number of pyridine rings is 1. The van der Waals surface area contributed by atoms with Gasteiger partial charge in [-0.25, -0.2) is 0 Å². The highest BCUT2D eigenvalue weighted by Crippen LogP contribution is 2.33. The van der Waals surface area contributed by atoms with Crippen LogP contribution >= 0.6 is 11.3 Å². The Hall–Kier alpha value is -2.93. The molecule has 0 aliphatic carbocycles. The van der Waals surface area contributed by atoms with Gasteiger partial charge in [0.05, 0.1) is 22.2 Å². The minimum Gasteiger partial charge on any atom is -0.459 e. The van der Waals surface area contributed by atoms with Gasteiger partial charge in [0.1, 0.15) is 0 Å². The van der Waals surface area contributed by atoms with Gasteiger partial charge in [0, 0.05) is 18.9 Å². The van der Waals surface area contributed by atoms with Crippen LogP contribution in [0.5, 0.6) is 0 Å². The van der Waals surface area contributed by atoms with Gasteiger partial charge in [0.2, 0.25) is 0 Å². The number of furan rings is 1. The third-order valence-electron chi connectivity index (χ3n) is 4.90. The first-order chi connectivity index (χ1) is 13.7. The average Bonchev–Trinajstić information content (AvgIpc) is 3.36. The molecule has 1 saturated heterocycles. The summed E-state index contributed by atoms with van der Waals surface area (Å²) in [5.41, 5.74) is 1.12. The molecule has 1 aliphatic rings. The lowest BCUT2D eigenvalue weighted by Crippen LogP contribution is -2.34. The summed E-state index contributed by atoms with van der Waals surface area (Å²) >= 11 is 1.29. The van der Waals surface area contributed by atoms with Gasteiger partial charge in [-0.1, -0.05) is 12.8 Å². The van der Waals surface area contributed by atoms with Crippen molar-refractivity contribution in [2.24, 2.45) is 0 Å². The van der Waals surface area contributed by atoms with Crippen molar-refractivity contribution in [1.82, 2.24) is 9.88 Å². The van der Waals surface area contributed by atoms with Crippen molar-refractivity contribution in [1.29, 1.82) is 0 Å². The lowest BCUT2D eigenvalue weighted by molar-refractivity contribution is 0.0685. The number of hydrogen-bond donors (Lipinski definition) is 1. The van der Waals surface area contributed by atoms with Crippen molar-refractivity contribution in [2.75, 3.05) is 11.9 Å². The van der Waals surface area contributed by atoms with E-state index in [1.807, 2.05) is 17.0 Å². The smallest absolute Gasteiger partial charge is 0.291 e. The molecule has 6 nitrogen and oxygen atoms in total. The average molecular weight is 395 g/mol. The molecule has 4 rings (SSSR count). The maximum atomic E-state index is 13.3. The number of carbonyl (C=O) groups excluding carboxylic acids is 2. The number of carbonyl (C=O) groups is 2. The monoisotopic (exact) mass is 395 g/mol. The van der Waals surface area contributed by atoms with E-state index in [9.17, 15) is 9.59 Å². The van der Waals surface area contributed by atoms with E-state index >= 15 is 0 Å². The molecule has 0 spiro atoms. The zero-order valence-corrected chi connectivity index (χ0v) is 16.2. The second kappa shape index (κ2) is 8.39. The van der Waals surface area contributed by atoms with Crippen LogP contribution in [0.3, 0.4) is 0 Å². The lowest BCUT2D eigenvalue weighted by Gasteiger charge is -2.30. The number of nitrogens with one attached hydrogen (secondary N) is 1. The van der Waals surface area contributed by atoms with Gasteiger partial charge in [-0.3, -0.25) is 14.6 Å². The predicted molar refractivity (Wildman–Crippen MR) is 107 cm³/mol. The minimum atomic E-state index is -0.324. The van der Waals surface area contributed by atoms with E-state index in [1.165, 1.54) is 17.6 Å². The van der Waals surface area contributed by atoms with E-state index in [-0.39, 0.29) is 23.6 Å². The first-order valence-electron chi connectivity index (χ1n) is 9.38. The molecule has 1 N–H and O–H groups in total. The molecule has 0 aromatic carbocycles. The van der Waals surface area contributed by atoms with E-state index in [0.29, 0.717) is 9.88 Å². The van der Waals surface area contributed by atoms with E-state index < -0.39 is 0 Å². The van der Waals surface area contributed by atoms with Gasteiger partial charge in [-0.2, -0.15) is 0 Å². The summed E-state index contributed by atoms with van der Waals surface area (Å²) in [6.07, 6.45) is 9.18. The van der Waals surface area contributed by atoms with E-state index in [1.54, 1.807) is 36.7 Å². The van der Waals surface area contributed by atoms with Crippen LogP contribution in [-0.4, -0.2) is 28.2 Å². The summed E-state index contributed by atoms with van der Waals surface area (Å²) in [5.74, 6) is -0.0750. The minimum absolute atomic E-state index is 0.00668. The molecule has 0 unspecified atom stereocenters. The molecule has 0 radical (unpaired) electrons. The zero-order chi connectivity index (χ0) is 19.3. The molecule has 0 bridgehead atoms. The Balaban J connectivity index is 1.52. The van der Waals surface area contributed by atoms with Crippen molar-refractivity contribution < 1.29 is 14.0 Å². The molecule has 28 heavy (non-hydrogen) atoms. The zero-order valence-electron chi connectivity index (χ0n) is 15.3. The topological polar surface area (TPSA) is 75.4 Å². The van der Waals surface area contributed by atoms with Crippen molar-refractivity contribution in [3.8, 4) is 0 Å². The molecule has 1 atom stereocenters.